The molecule has 2 aromatic rings. The van der Waals surface area contributed by atoms with E-state index in [-0.39, 0.29) is 12.0 Å². The molecule has 0 radical (unpaired) electrons. The summed E-state index contributed by atoms with van der Waals surface area (Å²) in [6.07, 6.45) is 0.0171. The molecule has 0 saturated heterocycles. The van der Waals surface area contributed by atoms with Crippen LogP contribution >= 0.6 is 11.6 Å². The van der Waals surface area contributed by atoms with Crippen LogP contribution in [0.5, 0.6) is 0 Å². The fraction of sp³-hybridized carbons (Fsp3) is 0.143. The molecule has 1 unspecified atom stereocenters. The van der Waals surface area contributed by atoms with Gasteiger partial charge in [-0.25, -0.2) is 22.0 Å². The molecule has 0 amide bonds. The summed E-state index contributed by atoms with van der Waals surface area (Å²) in [5.74, 6) is -6.32. The van der Waals surface area contributed by atoms with Crippen LogP contribution in [0.15, 0.2) is 30.3 Å². The predicted octanol–water partition coefficient (Wildman–Crippen LogP) is 4.90. The van der Waals surface area contributed by atoms with Crippen molar-refractivity contribution in [2.75, 3.05) is 0 Å². The second-order valence-electron chi connectivity index (χ2n) is 4.22. The zero-order valence-electron chi connectivity index (χ0n) is 9.94. The van der Waals surface area contributed by atoms with Crippen LogP contribution in [0.1, 0.15) is 16.5 Å². The van der Waals surface area contributed by atoms with Crippen LogP contribution in [0.25, 0.3) is 0 Å². The SMILES string of the molecule is Fc1ccc(CC(Cl)c2cc(F)c(F)c(F)c2)cc1F. The zero-order chi connectivity index (χ0) is 14.9. The van der Waals surface area contributed by atoms with Crippen LogP contribution in [-0.4, -0.2) is 0 Å². The fourth-order valence-electron chi connectivity index (χ4n) is 1.75. The molecule has 0 spiro atoms. The van der Waals surface area contributed by atoms with Crippen molar-refractivity contribution in [1.82, 2.24) is 0 Å². The molecule has 6 heteroatoms. The zero-order valence-corrected chi connectivity index (χ0v) is 10.7. The molecule has 20 heavy (non-hydrogen) atoms. The van der Waals surface area contributed by atoms with E-state index in [0.717, 1.165) is 24.3 Å². The van der Waals surface area contributed by atoms with E-state index in [1.807, 2.05) is 0 Å². The Kier molecular flexibility index (Phi) is 4.28. The molecule has 0 bridgehead atoms. The first kappa shape index (κ1) is 14.8. The van der Waals surface area contributed by atoms with Crippen LogP contribution in [0.2, 0.25) is 0 Å². The maximum absolute atomic E-state index is 13.1. The fourth-order valence-corrected chi connectivity index (χ4v) is 2.05. The summed E-state index contributed by atoms with van der Waals surface area (Å²) in [7, 11) is 0. The number of halogens is 6. The quantitative estimate of drug-likeness (QED) is 0.429. The van der Waals surface area contributed by atoms with Gasteiger partial charge in [-0.1, -0.05) is 6.07 Å². The molecule has 0 nitrogen and oxygen atoms in total. The van der Waals surface area contributed by atoms with Crippen molar-refractivity contribution in [3.05, 3.63) is 70.5 Å². The Morgan fingerprint density at radius 2 is 1.40 bits per heavy atom. The van der Waals surface area contributed by atoms with E-state index in [2.05, 4.69) is 0 Å². The van der Waals surface area contributed by atoms with Crippen molar-refractivity contribution in [3.8, 4) is 0 Å². The summed E-state index contributed by atoms with van der Waals surface area (Å²) in [6.45, 7) is 0. The molecule has 0 fully saturated rings. The van der Waals surface area contributed by atoms with E-state index in [4.69, 9.17) is 11.6 Å². The number of hydrogen-bond acceptors (Lipinski definition) is 0. The topological polar surface area (TPSA) is 0 Å². The molecule has 0 aliphatic heterocycles. The van der Waals surface area contributed by atoms with E-state index in [1.54, 1.807) is 0 Å². The lowest BCUT2D eigenvalue weighted by Crippen LogP contribution is -2.01. The number of alkyl halides is 1. The Morgan fingerprint density at radius 3 is 1.95 bits per heavy atom. The molecule has 106 valence electrons. The number of rotatable bonds is 3. The Bertz CT molecular complexity index is 618. The van der Waals surface area contributed by atoms with Gasteiger partial charge in [0.2, 0.25) is 0 Å². The first-order valence-electron chi connectivity index (χ1n) is 5.61. The van der Waals surface area contributed by atoms with Crippen molar-refractivity contribution in [2.45, 2.75) is 11.8 Å². The van der Waals surface area contributed by atoms with Gasteiger partial charge in [-0.3, -0.25) is 0 Å². The highest BCUT2D eigenvalue weighted by Gasteiger charge is 2.16. The molecule has 0 saturated carbocycles. The molecule has 0 aliphatic carbocycles. The van der Waals surface area contributed by atoms with Crippen molar-refractivity contribution in [2.24, 2.45) is 0 Å². The van der Waals surface area contributed by atoms with Crippen molar-refractivity contribution in [3.63, 3.8) is 0 Å². The van der Waals surface area contributed by atoms with Gasteiger partial charge in [-0.15, -0.1) is 11.6 Å². The van der Waals surface area contributed by atoms with Gasteiger partial charge in [0.05, 0.1) is 5.38 Å². The molecule has 1 atom stereocenters. The van der Waals surface area contributed by atoms with Crippen LogP contribution < -0.4 is 0 Å². The lowest BCUT2D eigenvalue weighted by Gasteiger charge is -2.11. The molecular weight excluding hydrogens is 299 g/mol. The van der Waals surface area contributed by atoms with Crippen molar-refractivity contribution in [1.29, 1.82) is 0 Å². The third kappa shape index (κ3) is 3.10. The third-order valence-corrected chi connectivity index (χ3v) is 3.17. The average Bonchev–Trinajstić information content (AvgIpc) is 2.39. The molecule has 0 aliphatic rings. The first-order chi connectivity index (χ1) is 9.38. The van der Waals surface area contributed by atoms with Gasteiger partial charge < -0.3 is 0 Å². The minimum atomic E-state index is -1.58. The summed E-state index contributed by atoms with van der Waals surface area (Å²) >= 11 is 5.96. The number of benzene rings is 2. The monoisotopic (exact) mass is 306 g/mol. The Morgan fingerprint density at radius 1 is 0.800 bits per heavy atom. The predicted molar refractivity (Wildman–Crippen MR) is 65.0 cm³/mol. The van der Waals surface area contributed by atoms with Gasteiger partial charge >= 0.3 is 0 Å². The van der Waals surface area contributed by atoms with Crippen LogP contribution in [0.4, 0.5) is 22.0 Å². The molecule has 2 aromatic carbocycles. The summed E-state index contributed by atoms with van der Waals surface area (Å²) in [4.78, 5) is 0. The summed E-state index contributed by atoms with van der Waals surface area (Å²) in [6, 6.07) is 4.73. The average molecular weight is 307 g/mol. The first-order valence-corrected chi connectivity index (χ1v) is 6.04. The highest BCUT2D eigenvalue weighted by molar-refractivity contribution is 6.20. The Labute approximate surface area is 116 Å². The van der Waals surface area contributed by atoms with Gasteiger partial charge in [0.1, 0.15) is 0 Å². The van der Waals surface area contributed by atoms with Gasteiger partial charge in [-0.05, 0) is 41.8 Å². The van der Waals surface area contributed by atoms with Crippen molar-refractivity contribution >= 4 is 11.6 Å². The van der Waals surface area contributed by atoms with Crippen molar-refractivity contribution < 1.29 is 22.0 Å². The maximum atomic E-state index is 13.1. The maximum Gasteiger partial charge on any atom is 0.194 e. The van der Waals surface area contributed by atoms with E-state index in [0.29, 0.717) is 5.56 Å². The van der Waals surface area contributed by atoms with Crippen LogP contribution in [-0.2, 0) is 6.42 Å². The lowest BCUT2D eigenvalue weighted by atomic mass is 10.0. The van der Waals surface area contributed by atoms with Gasteiger partial charge in [0.15, 0.2) is 29.1 Å². The summed E-state index contributed by atoms with van der Waals surface area (Å²) in [5.41, 5.74) is 0.377. The lowest BCUT2D eigenvalue weighted by molar-refractivity contribution is 0.445. The highest BCUT2D eigenvalue weighted by Crippen LogP contribution is 2.28. The van der Waals surface area contributed by atoms with Gasteiger partial charge in [0, 0.05) is 0 Å². The normalized spacial score (nSPS) is 12.5. The molecular formula is C14H8ClF5. The largest absolute Gasteiger partial charge is 0.204 e. The van der Waals surface area contributed by atoms with E-state index < -0.39 is 34.5 Å². The van der Waals surface area contributed by atoms with Crippen LogP contribution in [0.3, 0.4) is 0 Å². The summed E-state index contributed by atoms with van der Waals surface area (Å²) in [5, 5.41) is -0.899. The Hall–Kier alpha value is -1.62. The second-order valence-corrected chi connectivity index (χ2v) is 4.75. The minimum Gasteiger partial charge on any atom is -0.204 e. The Balaban J connectivity index is 2.23. The highest BCUT2D eigenvalue weighted by atomic mass is 35.5. The molecule has 0 aromatic heterocycles. The van der Waals surface area contributed by atoms with E-state index in [9.17, 15) is 22.0 Å². The van der Waals surface area contributed by atoms with Gasteiger partial charge in [0.25, 0.3) is 0 Å². The smallest absolute Gasteiger partial charge is 0.194 e. The second kappa shape index (κ2) is 5.79. The molecule has 0 N–H and O–H groups in total. The standard InChI is InChI=1S/C14H8ClF5/c15-9(3-7-1-2-10(16)11(17)4-7)8-5-12(18)14(20)13(19)6-8/h1-2,4-6,9H,3H2. The van der Waals surface area contributed by atoms with E-state index >= 15 is 0 Å². The van der Waals surface area contributed by atoms with Crippen LogP contribution in [0, 0.1) is 29.1 Å². The minimum absolute atomic E-state index is 0.0171. The molecule has 0 heterocycles. The summed E-state index contributed by atoms with van der Waals surface area (Å²) < 4.78 is 64.7. The van der Waals surface area contributed by atoms with Gasteiger partial charge in [-0.2, -0.15) is 0 Å². The third-order valence-electron chi connectivity index (χ3n) is 2.77. The number of hydrogen-bond donors (Lipinski definition) is 0. The molecule has 2 rings (SSSR count). The van der Waals surface area contributed by atoms with E-state index in [1.165, 1.54) is 6.07 Å².